The van der Waals surface area contributed by atoms with Crippen molar-refractivity contribution < 1.29 is 9.53 Å². The minimum absolute atomic E-state index is 0.00651. The van der Waals surface area contributed by atoms with Gasteiger partial charge in [-0.1, -0.05) is 12.1 Å². The molecule has 1 aromatic heterocycles. The highest BCUT2D eigenvalue weighted by molar-refractivity contribution is 5.80. The van der Waals surface area contributed by atoms with Gasteiger partial charge >= 0.3 is 5.69 Å². The monoisotopic (exact) mass is 249 g/mol. The van der Waals surface area contributed by atoms with Crippen LogP contribution < -0.4 is 11.0 Å². The maximum Gasteiger partial charge on any atom is 0.326 e. The fraction of sp³-hybridized carbons (Fsp3) is 0.333. The first-order valence-corrected chi connectivity index (χ1v) is 5.65. The molecule has 2 N–H and O–H groups in total. The van der Waals surface area contributed by atoms with Crippen LogP contribution in [0.3, 0.4) is 0 Å². The summed E-state index contributed by atoms with van der Waals surface area (Å²) < 4.78 is 6.25. The van der Waals surface area contributed by atoms with Gasteiger partial charge in [0.05, 0.1) is 17.6 Å². The summed E-state index contributed by atoms with van der Waals surface area (Å²) in [5.41, 5.74) is 1.18. The van der Waals surface area contributed by atoms with Gasteiger partial charge in [0, 0.05) is 13.7 Å². The summed E-state index contributed by atoms with van der Waals surface area (Å²) in [7, 11) is 1.57. The summed E-state index contributed by atoms with van der Waals surface area (Å²) in [6.45, 7) is 0.896. The molecular formula is C12H15N3O3. The number of para-hydroxylation sites is 2. The van der Waals surface area contributed by atoms with E-state index in [9.17, 15) is 9.59 Å². The number of H-pyrrole nitrogens is 1. The van der Waals surface area contributed by atoms with Crippen molar-refractivity contribution >= 4 is 16.9 Å². The number of benzene rings is 1. The van der Waals surface area contributed by atoms with Gasteiger partial charge in [0.25, 0.3) is 0 Å². The Morgan fingerprint density at radius 1 is 1.44 bits per heavy atom. The van der Waals surface area contributed by atoms with Gasteiger partial charge in [-0.2, -0.15) is 0 Å². The van der Waals surface area contributed by atoms with E-state index in [1.807, 2.05) is 12.1 Å². The average molecular weight is 249 g/mol. The van der Waals surface area contributed by atoms with Crippen molar-refractivity contribution in [2.45, 2.75) is 6.54 Å². The molecule has 1 aromatic carbocycles. The number of ether oxygens (including phenoxy) is 1. The van der Waals surface area contributed by atoms with Crippen LogP contribution in [-0.4, -0.2) is 35.7 Å². The maximum absolute atomic E-state index is 11.7. The minimum Gasteiger partial charge on any atom is -0.383 e. The number of hydrogen-bond donors (Lipinski definition) is 2. The van der Waals surface area contributed by atoms with E-state index in [2.05, 4.69) is 10.3 Å². The second kappa shape index (κ2) is 5.50. The molecule has 0 spiro atoms. The number of fused-ring (bicyclic) bond motifs is 1. The Kier molecular flexibility index (Phi) is 3.78. The van der Waals surface area contributed by atoms with Crippen molar-refractivity contribution in [3.63, 3.8) is 0 Å². The standard InChI is InChI=1S/C12H15N3O3/c1-18-7-6-13-11(16)8-15-10-5-3-2-4-9(10)14-12(15)17/h2-5H,6-8H2,1H3,(H,13,16)(H,14,17). The van der Waals surface area contributed by atoms with Gasteiger partial charge in [0.15, 0.2) is 0 Å². The van der Waals surface area contributed by atoms with E-state index >= 15 is 0 Å². The number of amides is 1. The Hall–Kier alpha value is -2.08. The van der Waals surface area contributed by atoms with Crippen LogP contribution in [0.5, 0.6) is 0 Å². The van der Waals surface area contributed by atoms with Crippen LogP contribution >= 0.6 is 0 Å². The first-order valence-electron chi connectivity index (χ1n) is 5.65. The molecule has 0 fully saturated rings. The molecule has 1 heterocycles. The second-order valence-electron chi connectivity index (χ2n) is 3.88. The van der Waals surface area contributed by atoms with Crippen molar-refractivity contribution in [1.82, 2.24) is 14.9 Å². The zero-order valence-corrected chi connectivity index (χ0v) is 10.1. The third-order valence-corrected chi connectivity index (χ3v) is 2.61. The maximum atomic E-state index is 11.7. The van der Waals surface area contributed by atoms with Gasteiger partial charge < -0.3 is 15.0 Å². The zero-order valence-electron chi connectivity index (χ0n) is 10.1. The molecule has 18 heavy (non-hydrogen) atoms. The quantitative estimate of drug-likeness (QED) is 0.737. The van der Waals surface area contributed by atoms with Gasteiger partial charge in [0.2, 0.25) is 5.91 Å². The van der Waals surface area contributed by atoms with Gasteiger partial charge in [-0.25, -0.2) is 4.79 Å². The van der Waals surface area contributed by atoms with E-state index in [-0.39, 0.29) is 18.1 Å². The van der Waals surface area contributed by atoms with Crippen molar-refractivity contribution in [2.75, 3.05) is 20.3 Å². The number of aromatic nitrogens is 2. The number of methoxy groups -OCH3 is 1. The predicted octanol–water partition coefficient (Wildman–Crippen LogP) is 0.0922. The fourth-order valence-electron chi connectivity index (χ4n) is 1.76. The van der Waals surface area contributed by atoms with E-state index in [0.717, 1.165) is 11.0 Å². The molecule has 0 bridgehead atoms. The predicted molar refractivity (Wildman–Crippen MR) is 67.4 cm³/mol. The SMILES string of the molecule is COCCNC(=O)Cn1c(=O)[nH]c2ccccc21. The molecule has 0 saturated heterocycles. The molecule has 6 nitrogen and oxygen atoms in total. The molecule has 0 radical (unpaired) electrons. The Bertz CT molecular complexity index is 600. The van der Waals surface area contributed by atoms with E-state index < -0.39 is 0 Å². The molecule has 0 aliphatic carbocycles. The highest BCUT2D eigenvalue weighted by atomic mass is 16.5. The third kappa shape index (κ3) is 2.60. The first-order chi connectivity index (χ1) is 8.72. The molecule has 6 heteroatoms. The average Bonchev–Trinajstić information content (AvgIpc) is 2.67. The van der Waals surface area contributed by atoms with Crippen molar-refractivity contribution in [2.24, 2.45) is 0 Å². The number of carbonyl (C=O) groups excluding carboxylic acids is 1. The molecule has 2 aromatic rings. The Balaban J connectivity index is 2.14. The van der Waals surface area contributed by atoms with E-state index in [1.54, 1.807) is 19.2 Å². The Morgan fingerprint density at radius 3 is 3.00 bits per heavy atom. The van der Waals surface area contributed by atoms with Crippen LogP contribution in [0.25, 0.3) is 11.0 Å². The smallest absolute Gasteiger partial charge is 0.326 e. The highest BCUT2D eigenvalue weighted by Gasteiger charge is 2.09. The van der Waals surface area contributed by atoms with Crippen LogP contribution in [0.15, 0.2) is 29.1 Å². The molecule has 0 unspecified atom stereocenters. The lowest BCUT2D eigenvalue weighted by Gasteiger charge is -2.05. The van der Waals surface area contributed by atoms with Gasteiger partial charge in [-0.15, -0.1) is 0 Å². The van der Waals surface area contributed by atoms with Gasteiger partial charge in [-0.05, 0) is 12.1 Å². The second-order valence-corrected chi connectivity index (χ2v) is 3.88. The lowest BCUT2D eigenvalue weighted by Crippen LogP contribution is -2.33. The number of nitrogens with one attached hydrogen (secondary N) is 2. The summed E-state index contributed by atoms with van der Waals surface area (Å²) >= 11 is 0. The Labute approximate surface area is 104 Å². The van der Waals surface area contributed by atoms with Crippen LogP contribution in [-0.2, 0) is 16.1 Å². The molecule has 0 aliphatic heterocycles. The van der Waals surface area contributed by atoms with Crippen LogP contribution in [0, 0.1) is 0 Å². The molecule has 96 valence electrons. The number of carbonyl (C=O) groups is 1. The van der Waals surface area contributed by atoms with Gasteiger partial charge in [-0.3, -0.25) is 9.36 Å². The fourth-order valence-corrected chi connectivity index (χ4v) is 1.76. The summed E-state index contributed by atoms with van der Waals surface area (Å²) in [6.07, 6.45) is 0. The van der Waals surface area contributed by atoms with Crippen molar-refractivity contribution in [3.8, 4) is 0 Å². The number of hydrogen-bond acceptors (Lipinski definition) is 3. The lowest BCUT2D eigenvalue weighted by molar-refractivity contribution is -0.121. The largest absolute Gasteiger partial charge is 0.383 e. The normalized spacial score (nSPS) is 10.7. The van der Waals surface area contributed by atoms with E-state index in [1.165, 1.54) is 4.57 Å². The summed E-state index contributed by atoms with van der Waals surface area (Å²) in [4.78, 5) is 26.1. The van der Waals surface area contributed by atoms with Crippen molar-refractivity contribution in [3.05, 3.63) is 34.7 Å². The number of aromatic amines is 1. The molecule has 0 saturated carbocycles. The van der Waals surface area contributed by atoms with Crippen LogP contribution in [0.4, 0.5) is 0 Å². The molecule has 1 amide bonds. The van der Waals surface area contributed by atoms with Crippen LogP contribution in [0.2, 0.25) is 0 Å². The lowest BCUT2D eigenvalue weighted by atomic mass is 10.3. The van der Waals surface area contributed by atoms with Crippen molar-refractivity contribution in [1.29, 1.82) is 0 Å². The highest BCUT2D eigenvalue weighted by Crippen LogP contribution is 2.08. The molecular weight excluding hydrogens is 234 g/mol. The molecule has 0 aliphatic rings. The van der Waals surface area contributed by atoms with E-state index in [0.29, 0.717) is 13.2 Å². The third-order valence-electron chi connectivity index (χ3n) is 2.61. The van der Waals surface area contributed by atoms with E-state index in [4.69, 9.17) is 4.74 Å². The zero-order chi connectivity index (χ0) is 13.0. The van der Waals surface area contributed by atoms with Crippen LogP contribution in [0.1, 0.15) is 0 Å². The first kappa shape index (κ1) is 12.4. The minimum atomic E-state index is -0.280. The molecule has 2 rings (SSSR count). The number of nitrogens with zero attached hydrogens (tertiary/aromatic N) is 1. The Morgan fingerprint density at radius 2 is 2.22 bits per heavy atom. The topological polar surface area (TPSA) is 76.1 Å². The molecule has 0 atom stereocenters. The summed E-state index contributed by atoms with van der Waals surface area (Å²) in [5, 5.41) is 2.68. The summed E-state index contributed by atoms with van der Waals surface area (Å²) in [6, 6.07) is 7.27. The number of imidazole rings is 1. The number of rotatable bonds is 5. The van der Waals surface area contributed by atoms with Gasteiger partial charge in [0.1, 0.15) is 6.54 Å². The summed E-state index contributed by atoms with van der Waals surface area (Å²) in [5.74, 6) is -0.209.